The van der Waals surface area contributed by atoms with Crippen LogP contribution < -0.4 is 5.32 Å². The number of aromatic nitrogens is 2. The normalized spacial score (nSPS) is 11.6. The maximum atomic E-state index is 12.8. The Balaban J connectivity index is 1.55. The number of sulfone groups is 1. The lowest BCUT2D eigenvalue weighted by Gasteiger charge is -2.12. The first-order chi connectivity index (χ1) is 17.7. The first-order valence-corrected chi connectivity index (χ1v) is 15.1. The third kappa shape index (κ3) is 8.03. The number of halogens is 2. The Morgan fingerprint density at radius 3 is 2.24 bits per heavy atom. The summed E-state index contributed by atoms with van der Waals surface area (Å²) in [4.78, 5) is 20.8. The van der Waals surface area contributed by atoms with E-state index in [9.17, 15) is 18.3 Å². The minimum atomic E-state index is -3.49. The first kappa shape index (κ1) is 29.1. The number of nitrogens with zero attached hydrogens (tertiary/aromatic N) is 2. The average molecular weight is 567 g/mol. The molecule has 3 rings (SSSR count). The van der Waals surface area contributed by atoms with Crippen LogP contribution in [0.3, 0.4) is 0 Å². The number of amides is 1. The SMILES string of the molecule is CCCCCCCCCCCCS(=O)(=O)c1ccc(NC(=O)c2cc(Cl)c3cncnc3c2O)c(Cl)c1. The van der Waals surface area contributed by atoms with Crippen molar-refractivity contribution in [2.45, 2.75) is 76.0 Å². The monoisotopic (exact) mass is 565 g/mol. The van der Waals surface area contributed by atoms with Crippen LogP contribution in [0, 0.1) is 0 Å². The number of phenolic OH excluding ortho intramolecular Hbond substituents is 1. The topological polar surface area (TPSA) is 109 Å². The molecule has 10 heteroatoms. The van der Waals surface area contributed by atoms with Crippen LogP contribution in [0.25, 0.3) is 10.9 Å². The van der Waals surface area contributed by atoms with Crippen LogP contribution in [0.5, 0.6) is 5.75 Å². The van der Waals surface area contributed by atoms with Crippen molar-refractivity contribution in [1.82, 2.24) is 9.97 Å². The van der Waals surface area contributed by atoms with Gasteiger partial charge in [0.2, 0.25) is 0 Å². The van der Waals surface area contributed by atoms with E-state index >= 15 is 0 Å². The van der Waals surface area contributed by atoms with E-state index in [0.29, 0.717) is 11.8 Å². The molecule has 0 aliphatic heterocycles. The van der Waals surface area contributed by atoms with Gasteiger partial charge in [0.05, 0.1) is 31.9 Å². The molecule has 2 N–H and O–H groups in total. The zero-order valence-electron chi connectivity index (χ0n) is 21.0. The number of carbonyl (C=O) groups excluding carboxylic acids is 1. The molecule has 200 valence electrons. The molecule has 0 unspecified atom stereocenters. The van der Waals surface area contributed by atoms with Gasteiger partial charge in [0.15, 0.2) is 15.6 Å². The van der Waals surface area contributed by atoms with E-state index < -0.39 is 15.7 Å². The van der Waals surface area contributed by atoms with E-state index in [1.165, 1.54) is 75.3 Å². The van der Waals surface area contributed by atoms with Crippen LogP contribution in [0.1, 0.15) is 81.5 Å². The van der Waals surface area contributed by atoms with Gasteiger partial charge in [0.1, 0.15) is 11.8 Å². The van der Waals surface area contributed by atoms with Crippen molar-refractivity contribution in [2.24, 2.45) is 0 Å². The van der Waals surface area contributed by atoms with Crippen molar-refractivity contribution in [1.29, 1.82) is 0 Å². The Kier molecular flexibility index (Phi) is 11.0. The van der Waals surface area contributed by atoms with Crippen LogP contribution in [-0.4, -0.2) is 35.2 Å². The molecule has 1 aromatic heterocycles. The molecule has 1 heterocycles. The summed E-state index contributed by atoms with van der Waals surface area (Å²) < 4.78 is 25.6. The summed E-state index contributed by atoms with van der Waals surface area (Å²) in [6.45, 7) is 2.21. The fourth-order valence-electron chi connectivity index (χ4n) is 4.14. The van der Waals surface area contributed by atoms with Crippen molar-refractivity contribution in [3.8, 4) is 5.75 Å². The molecule has 2 aromatic carbocycles. The summed E-state index contributed by atoms with van der Waals surface area (Å²) in [6, 6.07) is 5.52. The minimum absolute atomic E-state index is 0.0524. The van der Waals surface area contributed by atoms with Gasteiger partial charge in [0, 0.05) is 11.6 Å². The van der Waals surface area contributed by atoms with Crippen molar-refractivity contribution in [3.63, 3.8) is 0 Å². The molecule has 7 nitrogen and oxygen atoms in total. The number of aromatic hydroxyl groups is 1. The summed E-state index contributed by atoms with van der Waals surface area (Å²) in [5, 5.41) is 13.8. The van der Waals surface area contributed by atoms with Gasteiger partial charge in [-0.2, -0.15) is 0 Å². The molecule has 0 aliphatic rings. The Labute approximate surface area is 228 Å². The molecule has 0 spiro atoms. The van der Waals surface area contributed by atoms with Crippen molar-refractivity contribution in [3.05, 3.63) is 52.4 Å². The van der Waals surface area contributed by atoms with E-state index in [2.05, 4.69) is 22.2 Å². The second-order valence-electron chi connectivity index (χ2n) is 9.14. The molecule has 1 amide bonds. The number of anilines is 1. The first-order valence-electron chi connectivity index (χ1n) is 12.7. The fourth-order valence-corrected chi connectivity index (χ4v) is 6.08. The van der Waals surface area contributed by atoms with Crippen molar-refractivity contribution >= 4 is 55.5 Å². The molecule has 37 heavy (non-hydrogen) atoms. The lowest BCUT2D eigenvalue weighted by molar-refractivity contribution is 0.102. The molecule has 0 atom stereocenters. The minimum Gasteiger partial charge on any atom is -0.505 e. The maximum Gasteiger partial charge on any atom is 0.259 e. The number of nitrogens with one attached hydrogen (secondary N) is 1. The lowest BCUT2D eigenvalue weighted by atomic mass is 10.1. The Morgan fingerprint density at radius 1 is 0.946 bits per heavy atom. The van der Waals surface area contributed by atoms with Gasteiger partial charge < -0.3 is 10.4 Å². The number of hydrogen-bond acceptors (Lipinski definition) is 6. The largest absolute Gasteiger partial charge is 0.505 e. The molecule has 3 aromatic rings. The molecular weight excluding hydrogens is 533 g/mol. The van der Waals surface area contributed by atoms with Crippen LogP contribution in [0.4, 0.5) is 5.69 Å². The standard InChI is InChI=1S/C27H33Cl2N3O4S/c1-2-3-4-5-6-7-8-9-10-11-14-37(35,36)19-12-13-24(23(29)15-19)32-27(34)20-16-22(28)21-17-30-18-31-25(21)26(20)33/h12-13,15-18,33H,2-11,14H2,1H3,(H,32,34). The zero-order valence-corrected chi connectivity index (χ0v) is 23.3. The summed E-state index contributed by atoms with van der Waals surface area (Å²) in [5.41, 5.74) is 0.264. The van der Waals surface area contributed by atoms with Crippen molar-refractivity contribution in [2.75, 3.05) is 11.1 Å². The molecular formula is C27H33Cl2N3O4S. The Morgan fingerprint density at radius 2 is 1.59 bits per heavy atom. The lowest BCUT2D eigenvalue weighted by Crippen LogP contribution is -2.13. The second-order valence-corrected chi connectivity index (χ2v) is 12.1. The van der Waals surface area contributed by atoms with Crippen LogP contribution in [0.15, 0.2) is 41.7 Å². The third-order valence-electron chi connectivity index (χ3n) is 6.28. The summed E-state index contributed by atoms with van der Waals surface area (Å²) in [5.74, 6) is -0.953. The van der Waals surface area contributed by atoms with Crippen LogP contribution in [-0.2, 0) is 9.84 Å². The van der Waals surface area contributed by atoms with Gasteiger partial charge in [-0.3, -0.25) is 4.79 Å². The molecule has 0 saturated carbocycles. The average Bonchev–Trinajstić information content (AvgIpc) is 2.88. The smallest absolute Gasteiger partial charge is 0.259 e. The Hall–Kier alpha value is -2.42. The van der Waals surface area contributed by atoms with Gasteiger partial charge in [-0.05, 0) is 30.7 Å². The van der Waals surface area contributed by atoms with E-state index in [0.717, 1.165) is 19.3 Å². The number of unbranched alkanes of at least 4 members (excludes halogenated alkanes) is 9. The number of benzene rings is 2. The van der Waals surface area contributed by atoms with E-state index in [1.807, 2.05) is 0 Å². The summed E-state index contributed by atoms with van der Waals surface area (Å²) in [6.07, 6.45) is 13.9. The van der Waals surface area contributed by atoms with Gasteiger partial charge in [-0.15, -0.1) is 0 Å². The highest BCUT2D eigenvalue weighted by atomic mass is 35.5. The number of rotatable bonds is 14. The van der Waals surface area contributed by atoms with E-state index in [1.54, 1.807) is 0 Å². The van der Waals surface area contributed by atoms with E-state index in [-0.39, 0.29) is 43.2 Å². The number of phenols is 1. The third-order valence-corrected chi connectivity index (χ3v) is 8.70. The number of hydrogen-bond donors (Lipinski definition) is 2. The van der Waals surface area contributed by atoms with Crippen LogP contribution in [0.2, 0.25) is 10.0 Å². The number of fused-ring (bicyclic) bond motifs is 1. The fraction of sp³-hybridized carbons (Fsp3) is 0.444. The van der Waals surface area contributed by atoms with Gasteiger partial charge in [-0.1, -0.05) is 87.9 Å². The van der Waals surface area contributed by atoms with E-state index in [4.69, 9.17) is 23.2 Å². The molecule has 0 aliphatic carbocycles. The molecule has 0 bridgehead atoms. The van der Waals surface area contributed by atoms with Gasteiger partial charge in [0.25, 0.3) is 5.91 Å². The van der Waals surface area contributed by atoms with Crippen molar-refractivity contribution < 1.29 is 18.3 Å². The molecule has 0 radical (unpaired) electrons. The predicted octanol–water partition coefficient (Wildman–Crippen LogP) is 7.59. The summed E-state index contributed by atoms with van der Waals surface area (Å²) >= 11 is 12.5. The zero-order chi connectivity index (χ0) is 26.8. The summed E-state index contributed by atoms with van der Waals surface area (Å²) in [7, 11) is -3.49. The predicted molar refractivity (Wildman–Crippen MR) is 150 cm³/mol. The molecule has 0 saturated heterocycles. The molecule has 0 fully saturated rings. The maximum absolute atomic E-state index is 12.8. The van der Waals surface area contributed by atoms with Crippen LogP contribution >= 0.6 is 23.2 Å². The highest BCUT2D eigenvalue weighted by molar-refractivity contribution is 7.91. The van der Waals surface area contributed by atoms with Gasteiger partial charge >= 0.3 is 0 Å². The highest BCUT2D eigenvalue weighted by Crippen LogP contribution is 2.34. The second kappa shape index (κ2) is 13.9. The Bertz CT molecular complexity index is 1330. The van der Waals surface area contributed by atoms with Gasteiger partial charge in [-0.25, -0.2) is 18.4 Å². The quantitative estimate of drug-likeness (QED) is 0.195. The number of carbonyl (C=O) groups is 1. The highest BCUT2D eigenvalue weighted by Gasteiger charge is 2.20.